The number of benzene rings is 1. The molecular formula is C12H14BrN3O. The molecule has 0 bridgehead atoms. The summed E-state index contributed by atoms with van der Waals surface area (Å²) in [6.45, 7) is 0.963. The highest BCUT2D eigenvalue weighted by atomic mass is 79.9. The molecule has 0 saturated carbocycles. The summed E-state index contributed by atoms with van der Waals surface area (Å²) in [5.41, 5.74) is 7.70. The van der Waals surface area contributed by atoms with Gasteiger partial charge in [-0.05, 0) is 18.2 Å². The number of aromatic nitrogens is 2. The zero-order chi connectivity index (χ0) is 12.3. The molecule has 2 N–H and O–H groups in total. The average Bonchev–Trinajstić information content (AvgIpc) is 2.73. The molecular weight excluding hydrogens is 282 g/mol. The van der Waals surface area contributed by atoms with Crippen molar-refractivity contribution in [3.8, 4) is 5.75 Å². The molecule has 1 heterocycles. The van der Waals surface area contributed by atoms with Crippen molar-refractivity contribution >= 4 is 15.9 Å². The predicted octanol–water partition coefficient (Wildman–Crippen LogP) is 2.22. The third kappa shape index (κ3) is 3.08. The largest absolute Gasteiger partial charge is 0.488 e. The SMILES string of the molecule is Cn1cc(COc2ccc(Br)cc2CN)cn1. The highest BCUT2D eigenvalue weighted by Crippen LogP contribution is 2.23. The van der Waals surface area contributed by atoms with E-state index < -0.39 is 0 Å². The summed E-state index contributed by atoms with van der Waals surface area (Å²) in [4.78, 5) is 0. The van der Waals surface area contributed by atoms with Crippen LogP contribution in [0.1, 0.15) is 11.1 Å². The Morgan fingerprint density at radius 1 is 1.47 bits per heavy atom. The van der Waals surface area contributed by atoms with Crippen molar-refractivity contribution < 1.29 is 4.74 Å². The molecule has 0 amide bonds. The van der Waals surface area contributed by atoms with Crippen LogP contribution in [0.5, 0.6) is 5.75 Å². The van der Waals surface area contributed by atoms with Crippen LogP contribution < -0.4 is 10.5 Å². The zero-order valence-corrected chi connectivity index (χ0v) is 11.1. The van der Waals surface area contributed by atoms with Crippen molar-refractivity contribution in [2.45, 2.75) is 13.2 Å². The van der Waals surface area contributed by atoms with Gasteiger partial charge in [-0.15, -0.1) is 0 Å². The van der Waals surface area contributed by atoms with Crippen LogP contribution in [-0.4, -0.2) is 9.78 Å². The number of aryl methyl sites for hydroxylation is 1. The van der Waals surface area contributed by atoms with Crippen LogP contribution in [0.15, 0.2) is 35.1 Å². The summed E-state index contributed by atoms with van der Waals surface area (Å²) < 4.78 is 8.49. The van der Waals surface area contributed by atoms with Crippen molar-refractivity contribution in [3.05, 3.63) is 46.2 Å². The van der Waals surface area contributed by atoms with Crippen LogP contribution in [0, 0.1) is 0 Å². The minimum Gasteiger partial charge on any atom is -0.488 e. The van der Waals surface area contributed by atoms with Gasteiger partial charge in [0.25, 0.3) is 0 Å². The fourth-order valence-electron chi connectivity index (χ4n) is 1.56. The third-order valence-corrected chi connectivity index (χ3v) is 2.89. The van der Waals surface area contributed by atoms with Crippen molar-refractivity contribution in [1.82, 2.24) is 9.78 Å². The van der Waals surface area contributed by atoms with Gasteiger partial charge >= 0.3 is 0 Å². The van der Waals surface area contributed by atoms with Gasteiger partial charge in [0.15, 0.2) is 0 Å². The van der Waals surface area contributed by atoms with Gasteiger partial charge in [0.2, 0.25) is 0 Å². The topological polar surface area (TPSA) is 53.1 Å². The molecule has 0 atom stereocenters. The number of hydrogen-bond donors (Lipinski definition) is 1. The number of nitrogens with two attached hydrogens (primary N) is 1. The first-order chi connectivity index (χ1) is 8.19. The maximum atomic E-state index is 5.73. The molecule has 0 aliphatic rings. The van der Waals surface area contributed by atoms with Crippen molar-refractivity contribution in [1.29, 1.82) is 0 Å². The first kappa shape index (κ1) is 12.1. The summed E-state index contributed by atoms with van der Waals surface area (Å²) in [5, 5.41) is 4.09. The van der Waals surface area contributed by atoms with Gasteiger partial charge in [0.05, 0.1) is 6.20 Å². The number of ether oxygens (including phenoxy) is 1. The Kier molecular flexibility index (Phi) is 3.81. The summed E-state index contributed by atoms with van der Waals surface area (Å²) in [5.74, 6) is 0.819. The number of rotatable bonds is 4. The highest BCUT2D eigenvalue weighted by molar-refractivity contribution is 9.10. The molecule has 0 unspecified atom stereocenters. The lowest BCUT2D eigenvalue weighted by atomic mass is 10.2. The Bertz CT molecular complexity index is 510. The number of nitrogens with zero attached hydrogens (tertiary/aromatic N) is 2. The van der Waals surface area contributed by atoms with Crippen molar-refractivity contribution in [3.63, 3.8) is 0 Å². The monoisotopic (exact) mass is 295 g/mol. The number of halogens is 1. The van der Waals surface area contributed by atoms with E-state index >= 15 is 0 Å². The van der Waals surface area contributed by atoms with E-state index in [2.05, 4.69) is 21.0 Å². The molecule has 0 spiro atoms. The molecule has 0 saturated heterocycles. The Morgan fingerprint density at radius 3 is 2.94 bits per heavy atom. The van der Waals surface area contributed by atoms with Gasteiger partial charge < -0.3 is 10.5 Å². The fourth-order valence-corrected chi connectivity index (χ4v) is 1.96. The smallest absolute Gasteiger partial charge is 0.124 e. The molecule has 1 aromatic carbocycles. The third-order valence-electron chi connectivity index (χ3n) is 2.40. The fraction of sp³-hybridized carbons (Fsp3) is 0.250. The van der Waals surface area contributed by atoms with Gasteiger partial charge in [-0.2, -0.15) is 5.10 Å². The highest BCUT2D eigenvalue weighted by Gasteiger charge is 2.04. The molecule has 1 aromatic heterocycles. The minimum absolute atomic E-state index is 0.460. The lowest BCUT2D eigenvalue weighted by Gasteiger charge is -2.09. The van der Waals surface area contributed by atoms with Crippen LogP contribution in [-0.2, 0) is 20.2 Å². The lowest BCUT2D eigenvalue weighted by Crippen LogP contribution is -2.02. The van der Waals surface area contributed by atoms with Crippen LogP contribution in [0.25, 0.3) is 0 Å². The van der Waals surface area contributed by atoms with E-state index in [9.17, 15) is 0 Å². The van der Waals surface area contributed by atoms with E-state index in [4.69, 9.17) is 10.5 Å². The van der Waals surface area contributed by atoms with E-state index in [1.165, 1.54) is 0 Å². The molecule has 0 aliphatic heterocycles. The molecule has 0 fully saturated rings. The normalized spacial score (nSPS) is 10.5. The first-order valence-electron chi connectivity index (χ1n) is 5.28. The summed E-state index contributed by atoms with van der Waals surface area (Å²) in [6.07, 6.45) is 3.72. The molecule has 17 heavy (non-hydrogen) atoms. The number of hydrogen-bond acceptors (Lipinski definition) is 3. The van der Waals surface area contributed by atoms with Gasteiger partial charge in [-0.25, -0.2) is 0 Å². The average molecular weight is 296 g/mol. The molecule has 2 aromatic rings. The maximum absolute atomic E-state index is 5.73. The Morgan fingerprint density at radius 2 is 2.29 bits per heavy atom. The van der Waals surface area contributed by atoms with Crippen LogP contribution in [0.4, 0.5) is 0 Å². The summed E-state index contributed by atoms with van der Waals surface area (Å²) in [6, 6.07) is 5.83. The van der Waals surface area contributed by atoms with E-state index in [1.54, 1.807) is 10.9 Å². The lowest BCUT2D eigenvalue weighted by molar-refractivity contribution is 0.303. The molecule has 0 aliphatic carbocycles. The minimum atomic E-state index is 0.460. The van der Waals surface area contributed by atoms with E-state index in [0.717, 1.165) is 21.3 Å². The standard InChI is InChI=1S/C12H14BrN3O/c1-16-7-9(6-15-16)8-17-12-3-2-11(13)4-10(12)5-14/h2-4,6-7H,5,8,14H2,1H3. The van der Waals surface area contributed by atoms with E-state index in [0.29, 0.717) is 13.2 Å². The van der Waals surface area contributed by atoms with Crippen LogP contribution in [0.2, 0.25) is 0 Å². The van der Waals surface area contributed by atoms with Gasteiger partial charge in [0, 0.05) is 35.4 Å². The van der Waals surface area contributed by atoms with Gasteiger partial charge in [-0.3, -0.25) is 4.68 Å². The van der Waals surface area contributed by atoms with Gasteiger partial charge in [-0.1, -0.05) is 15.9 Å². The molecule has 0 radical (unpaired) electrons. The maximum Gasteiger partial charge on any atom is 0.124 e. The Labute approximate surface area is 109 Å². The van der Waals surface area contributed by atoms with E-state index in [1.807, 2.05) is 31.4 Å². The predicted molar refractivity (Wildman–Crippen MR) is 69.6 cm³/mol. The molecule has 2 rings (SSSR count). The molecule has 4 nitrogen and oxygen atoms in total. The second-order valence-electron chi connectivity index (χ2n) is 3.77. The van der Waals surface area contributed by atoms with Crippen LogP contribution in [0.3, 0.4) is 0 Å². The van der Waals surface area contributed by atoms with Crippen molar-refractivity contribution in [2.24, 2.45) is 12.8 Å². The summed E-state index contributed by atoms with van der Waals surface area (Å²) in [7, 11) is 1.88. The molecule has 90 valence electrons. The zero-order valence-electron chi connectivity index (χ0n) is 9.56. The first-order valence-corrected chi connectivity index (χ1v) is 6.07. The quantitative estimate of drug-likeness (QED) is 0.941. The Hall–Kier alpha value is -1.33. The molecule has 5 heteroatoms. The second kappa shape index (κ2) is 5.33. The van der Waals surface area contributed by atoms with Gasteiger partial charge in [0.1, 0.15) is 12.4 Å². The van der Waals surface area contributed by atoms with Crippen LogP contribution >= 0.6 is 15.9 Å². The summed E-state index contributed by atoms with van der Waals surface area (Å²) >= 11 is 3.41. The Balaban J connectivity index is 2.08. The van der Waals surface area contributed by atoms with Crippen molar-refractivity contribution in [2.75, 3.05) is 0 Å². The van der Waals surface area contributed by atoms with E-state index in [-0.39, 0.29) is 0 Å². The second-order valence-corrected chi connectivity index (χ2v) is 4.68.